The number of rotatable bonds is 5. The van der Waals surface area contributed by atoms with E-state index in [1.54, 1.807) is 0 Å². The maximum absolute atomic E-state index is 6.25. The van der Waals surface area contributed by atoms with Crippen molar-refractivity contribution in [1.29, 1.82) is 0 Å². The fourth-order valence-electron chi connectivity index (χ4n) is 0.996. The second-order valence-corrected chi connectivity index (χ2v) is 4.48. The zero-order valence-electron chi connectivity index (χ0n) is 8.28. The smallest absolute Gasteiger partial charge is 0.0387 e. The van der Waals surface area contributed by atoms with Crippen LogP contribution in [0.5, 0.6) is 0 Å². The molecule has 0 aliphatic rings. The predicted octanol–water partition coefficient (Wildman–Crippen LogP) is 4.22. The molecule has 1 atom stereocenters. The SMILES string of the molecule is CCCCC(Cl)C(C)(C)CC. The Balaban J connectivity index is 3.71. The van der Waals surface area contributed by atoms with Crippen LogP contribution in [-0.4, -0.2) is 5.38 Å². The van der Waals surface area contributed by atoms with E-state index in [1.807, 2.05) is 0 Å². The Labute approximate surface area is 76.3 Å². The van der Waals surface area contributed by atoms with Crippen LogP contribution in [0.15, 0.2) is 0 Å². The summed E-state index contributed by atoms with van der Waals surface area (Å²) in [5.41, 5.74) is 0.316. The Morgan fingerprint density at radius 3 is 2.18 bits per heavy atom. The van der Waals surface area contributed by atoms with Gasteiger partial charge in [-0.05, 0) is 18.3 Å². The molecule has 0 amide bonds. The summed E-state index contributed by atoms with van der Waals surface area (Å²) in [7, 11) is 0. The van der Waals surface area contributed by atoms with Crippen molar-refractivity contribution in [2.75, 3.05) is 0 Å². The lowest BCUT2D eigenvalue weighted by molar-refractivity contribution is 0.316. The maximum Gasteiger partial charge on any atom is 0.0387 e. The van der Waals surface area contributed by atoms with Crippen LogP contribution in [0.25, 0.3) is 0 Å². The quantitative estimate of drug-likeness (QED) is 0.551. The van der Waals surface area contributed by atoms with Crippen molar-refractivity contribution in [2.45, 2.75) is 58.8 Å². The highest BCUT2D eigenvalue weighted by atomic mass is 35.5. The number of hydrogen-bond acceptors (Lipinski definition) is 0. The highest BCUT2D eigenvalue weighted by Gasteiger charge is 2.24. The summed E-state index contributed by atoms with van der Waals surface area (Å²) < 4.78 is 0. The first-order valence-corrected chi connectivity index (χ1v) is 5.12. The van der Waals surface area contributed by atoms with E-state index in [9.17, 15) is 0 Å². The van der Waals surface area contributed by atoms with Gasteiger partial charge in [0.05, 0.1) is 0 Å². The average Bonchev–Trinajstić information content (AvgIpc) is 2.00. The Hall–Kier alpha value is 0.290. The summed E-state index contributed by atoms with van der Waals surface area (Å²) in [5, 5.41) is 0.354. The van der Waals surface area contributed by atoms with Gasteiger partial charge < -0.3 is 0 Å². The van der Waals surface area contributed by atoms with Crippen LogP contribution in [0.4, 0.5) is 0 Å². The molecule has 0 aliphatic heterocycles. The predicted molar refractivity (Wildman–Crippen MR) is 53.2 cm³/mol. The van der Waals surface area contributed by atoms with Crippen LogP contribution in [0, 0.1) is 5.41 Å². The first-order chi connectivity index (χ1) is 5.04. The molecular weight excluding hydrogens is 156 g/mol. The molecule has 0 aliphatic carbocycles. The molecule has 1 unspecified atom stereocenters. The third-order valence-corrected chi connectivity index (χ3v) is 3.38. The molecule has 0 saturated heterocycles. The molecule has 0 saturated carbocycles. The first-order valence-electron chi connectivity index (χ1n) is 4.68. The monoisotopic (exact) mass is 176 g/mol. The van der Waals surface area contributed by atoms with E-state index < -0.39 is 0 Å². The third kappa shape index (κ3) is 4.00. The fourth-order valence-corrected chi connectivity index (χ4v) is 1.30. The zero-order valence-corrected chi connectivity index (χ0v) is 9.04. The average molecular weight is 177 g/mol. The molecule has 1 heteroatoms. The minimum atomic E-state index is 0.316. The van der Waals surface area contributed by atoms with Gasteiger partial charge in [-0.3, -0.25) is 0 Å². The van der Waals surface area contributed by atoms with Gasteiger partial charge in [-0.25, -0.2) is 0 Å². The fraction of sp³-hybridized carbons (Fsp3) is 1.00. The summed E-state index contributed by atoms with van der Waals surface area (Å²) in [4.78, 5) is 0. The molecule has 0 heterocycles. The zero-order chi connectivity index (χ0) is 8.91. The van der Waals surface area contributed by atoms with Crippen LogP contribution in [0.1, 0.15) is 53.4 Å². The van der Waals surface area contributed by atoms with E-state index in [4.69, 9.17) is 11.6 Å². The molecule has 0 nitrogen and oxygen atoms in total. The van der Waals surface area contributed by atoms with Gasteiger partial charge in [0, 0.05) is 5.38 Å². The van der Waals surface area contributed by atoms with Crippen molar-refractivity contribution < 1.29 is 0 Å². The lowest BCUT2D eigenvalue weighted by atomic mass is 9.84. The molecule has 0 radical (unpaired) electrons. The highest BCUT2D eigenvalue weighted by Crippen LogP contribution is 2.32. The van der Waals surface area contributed by atoms with E-state index in [0.717, 1.165) is 0 Å². The van der Waals surface area contributed by atoms with Crippen molar-refractivity contribution in [3.63, 3.8) is 0 Å². The molecule has 68 valence electrons. The Morgan fingerprint density at radius 1 is 1.27 bits per heavy atom. The van der Waals surface area contributed by atoms with Crippen LogP contribution in [0.2, 0.25) is 0 Å². The van der Waals surface area contributed by atoms with Gasteiger partial charge in [0.25, 0.3) is 0 Å². The molecule has 0 fully saturated rings. The van der Waals surface area contributed by atoms with E-state index in [1.165, 1.54) is 25.7 Å². The van der Waals surface area contributed by atoms with Gasteiger partial charge >= 0.3 is 0 Å². The third-order valence-electron chi connectivity index (χ3n) is 2.57. The number of hydrogen-bond donors (Lipinski definition) is 0. The summed E-state index contributed by atoms with van der Waals surface area (Å²) in [5.74, 6) is 0. The molecular formula is C10H21Cl. The van der Waals surface area contributed by atoms with Crippen molar-refractivity contribution in [1.82, 2.24) is 0 Å². The molecule has 0 bridgehead atoms. The highest BCUT2D eigenvalue weighted by molar-refractivity contribution is 6.21. The first kappa shape index (κ1) is 11.3. The van der Waals surface area contributed by atoms with E-state index in [-0.39, 0.29) is 0 Å². The van der Waals surface area contributed by atoms with Gasteiger partial charge in [0.1, 0.15) is 0 Å². The minimum Gasteiger partial charge on any atom is -0.122 e. The molecule has 0 N–H and O–H groups in total. The van der Waals surface area contributed by atoms with E-state index in [0.29, 0.717) is 10.8 Å². The molecule has 0 aromatic rings. The lowest BCUT2D eigenvalue weighted by Crippen LogP contribution is -2.23. The van der Waals surface area contributed by atoms with Crippen molar-refractivity contribution in [3.8, 4) is 0 Å². The molecule has 0 aromatic heterocycles. The Bertz CT molecular complexity index is 97.0. The van der Waals surface area contributed by atoms with Crippen LogP contribution in [-0.2, 0) is 0 Å². The maximum atomic E-state index is 6.25. The Kier molecular flexibility index (Phi) is 5.16. The summed E-state index contributed by atoms with van der Waals surface area (Å²) in [6, 6.07) is 0. The van der Waals surface area contributed by atoms with Gasteiger partial charge in [0.15, 0.2) is 0 Å². The van der Waals surface area contributed by atoms with Gasteiger partial charge in [-0.2, -0.15) is 0 Å². The summed E-state index contributed by atoms with van der Waals surface area (Å²) in [6.07, 6.45) is 4.85. The standard InChI is InChI=1S/C10H21Cl/c1-5-7-8-9(11)10(3,4)6-2/h9H,5-8H2,1-4H3. The Morgan fingerprint density at radius 2 is 1.82 bits per heavy atom. The summed E-state index contributed by atoms with van der Waals surface area (Å²) in [6.45, 7) is 8.92. The molecule has 0 rings (SSSR count). The number of unbranched alkanes of at least 4 members (excludes halogenated alkanes) is 1. The van der Waals surface area contributed by atoms with Crippen molar-refractivity contribution in [2.24, 2.45) is 5.41 Å². The minimum absolute atomic E-state index is 0.316. The van der Waals surface area contributed by atoms with E-state index >= 15 is 0 Å². The van der Waals surface area contributed by atoms with Gasteiger partial charge in [-0.1, -0.05) is 40.5 Å². The summed E-state index contributed by atoms with van der Waals surface area (Å²) >= 11 is 6.25. The number of alkyl halides is 1. The van der Waals surface area contributed by atoms with Gasteiger partial charge in [-0.15, -0.1) is 11.6 Å². The molecule has 0 aromatic carbocycles. The second-order valence-electron chi connectivity index (χ2n) is 3.95. The molecule has 0 spiro atoms. The van der Waals surface area contributed by atoms with Gasteiger partial charge in [0.2, 0.25) is 0 Å². The normalized spacial score (nSPS) is 15.0. The number of halogens is 1. The van der Waals surface area contributed by atoms with Crippen LogP contribution >= 0.6 is 11.6 Å². The van der Waals surface area contributed by atoms with Crippen molar-refractivity contribution in [3.05, 3.63) is 0 Å². The topological polar surface area (TPSA) is 0 Å². The van der Waals surface area contributed by atoms with E-state index in [2.05, 4.69) is 27.7 Å². The van der Waals surface area contributed by atoms with Crippen molar-refractivity contribution >= 4 is 11.6 Å². The van der Waals surface area contributed by atoms with Crippen LogP contribution < -0.4 is 0 Å². The van der Waals surface area contributed by atoms with Crippen LogP contribution in [0.3, 0.4) is 0 Å². The lowest BCUT2D eigenvalue weighted by Gasteiger charge is -2.28. The second kappa shape index (κ2) is 5.03. The largest absolute Gasteiger partial charge is 0.122 e. The molecule has 11 heavy (non-hydrogen) atoms.